The number of carbonyl (C=O) groups is 1. The molecule has 2 aromatic carbocycles. The van der Waals surface area contributed by atoms with Crippen LogP contribution in [0.4, 0.5) is 35.4 Å². The number of aromatic nitrogens is 4. The number of anilines is 3. The molecule has 4 heterocycles. The predicted octanol–water partition coefficient (Wildman–Crippen LogP) is 4.21. The highest BCUT2D eigenvalue weighted by atomic mass is 19.4. The van der Waals surface area contributed by atoms with Gasteiger partial charge in [-0.3, -0.25) is 14.9 Å². The van der Waals surface area contributed by atoms with Crippen LogP contribution in [0.5, 0.6) is 0 Å². The number of benzene rings is 2. The van der Waals surface area contributed by atoms with Gasteiger partial charge in [-0.15, -0.1) is 0 Å². The second-order valence-electron chi connectivity index (χ2n) is 11.4. The molecular weight excluding hydrogens is 573 g/mol. The minimum Gasteiger partial charge on any atom is -0.350 e. The molecule has 232 valence electrons. The van der Waals surface area contributed by atoms with E-state index < -0.39 is 17.8 Å². The van der Waals surface area contributed by atoms with Gasteiger partial charge in [-0.05, 0) is 49.8 Å². The molecule has 2 saturated heterocycles. The Labute approximate surface area is 252 Å². The number of alkyl halides is 3. The van der Waals surface area contributed by atoms with Gasteiger partial charge in [0.2, 0.25) is 5.95 Å². The zero-order valence-electron chi connectivity index (χ0n) is 24.6. The predicted molar refractivity (Wildman–Crippen MR) is 163 cm³/mol. The first-order valence-electron chi connectivity index (χ1n) is 14.6. The molecule has 14 heteroatoms. The number of amides is 2. The second kappa shape index (κ2) is 12.4. The van der Waals surface area contributed by atoms with Crippen molar-refractivity contribution in [3.63, 3.8) is 0 Å². The molecule has 2 amide bonds. The summed E-state index contributed by atoms with van der Waals surface area (Å²) in [5.74, 6) is 0.841. The first-order chi connectivity index (χ1) is 21.1. The summed E-state index contributed by atoms with van der Waals surface area (Å²) < 4.78 is 43.5. The molecule has 6 rings (SSSR count). The van der Waals surface area contributed by atoms with Gasteiger partial charge in [0.15, 0.2) is 5.82 Å². The molecule has 0 bridgehead atoms. The maximum Gasteiger partial charge on any atom is 0.416 e. The number of halogens is 3. The van der Waals surface area contributed by atoms with E-state index in [1.165, 1.54) is 12.1 Å². The van der Waals surface area contributed by atoms with Crippen molar-refractivity contribution in [3.05, 3.63) is 59.8 Å². The summed E-state index contributed by atoms with van der Waals surface area (Å²) in [7, 11) is 3.74. The van der Waals surface area contributed by atoms with Gasteiger partial charge < -0.3 is 20.9 Å². The summed E-state index contributed by atoms with van der Waals surface area (Å²) >= 11 is 0. The Balaban J connectivity index is 1.12. The van der Waals surface area contributed by atoms with Crippen LogP contribution in [0.15, 0.2) is 48.7 Å². The Kier molecular flexibility index (Phi) is 8.38. The third-order valence-corrected chi connectivity index (χ3v) is 8.05. The number of piperazine rings is 1. The highest BCUT2D eigenvalue weighted by molar-refractivity contribution is 5.99. The normalized spacial score (nSPS) is 18.1. The van der Waals surface area contributed by atoms with Crippen LogP contribution in [0.3, 0.4) is 0 Å². The summed E-state index contributed by atoms with van der Waals surface area (Å²) in [6, 6.07) is 11.0. The third kappa shape index (κ3) is 6.93. The molecule has 0 saturated carbocycles. The van der Waals surface area contributed by atoms with Crippen LogP contribution in [0.1, 0.15) is 17.5 Å². The van der Waals surface area contributed by atoms with Crippen LogP contribution in [0, 0.1) is 0 Å². The van der Waals surface area contributed by atoms with Crippen molar-refractivity contribution in [1.82, 2.24) is 34.9 Å². The molecule has 2 aliphatic rings. The van der Waals surface area contributed by atoms with Gasteiger partial charge in [0.25, 0.3) is 0 Å². The number of fused-ring (bicyclic) bond motifs is 1. The lowest BCUT2D eigenvalue weighted by atomic mass is 10.0. The van der Waals surface area contributed by atoms with E-state index in [0.29, 0.717) is 25.1 Å². The minimum absolute atomic E-state index is 0.0423. The molecule has 44 heavy (non-hydrogen) atoms. The van der Waals surface area contributed by atoms with Crippen LogP contribution >= 0.6 is 0 Å². The fourth-order valence-electron chi connectivity index (χ4n) is 5.60. The molecule has 0 radical (unpaired) electrons. The Bertz CT molecular complexity index is 1640. The molecular formula is C30H35F3N10O. The monoisotopic (exact) mass is 608 g/mol. The van der Waals surface area contributed by atoms with Crippen molar-refractivity contribution >= 4 is 34.4 Å². The van der Waals surface area contributed by atoms with E-state index in [-0.39, 0.29) is 23.6 Å². The molecule has 4 aromatic rings. The van der Waals surface area contributed by atoms with Gasteiger partial charge in [-0.25, -0.2) is 14.8 Å². The summed E-state index contributed by atoms with van der Waals surface area (Å²) in [5, 5.41) is 17.0. The highest BCUT2D eigenvalue weighted by Crippen LogP contribution is 2.35. The first kappa shape index (κ1) is 29.8. The van der Waals surface area contributed by atoms with Gasteiger partial charge >= 0.3 is 12.2 Å². The lowest BCUT2D eigenvalue weighted by Crippen LogP contribution is -2.44. The quantitative estimate of drug-likeness (QED) is 0.247. The van der Waals surface area contributed by atoms with E-state index in [4.69, 9.17) is 0 Å². The van der Waals surface area contributed by atoms with E-state index in [1.54, 1.807) is 24.0 Å². The summed E-state index contributed by atoms with van der Waals surface area (Å²) in [6.45, 7) is 5.07. The van der Waals surface area contributed by atoms with Crippen molar-refractivity contribution in [2.45, 2.75) is 25.2 Å². The van der Waals surface area contributed by atoms with E-state index in [1.807, 2.05) is 30.1 Å². The van der Waals surface area contributed by atoms with Gasteiger partial charge in [-0.2, -0.15) is 18.3 Å². The lowest BCUT2D eigenvalue weighted by Gasteiger charge is -2.33. The van der Waals surface area contributed by atoms with E-state index in [9.17, 15) is 18.0 Å². The van der Waals surface area contributed by atoms with Crippen LogP contribution in [0.2, 0.25) is 0 Å². The van der Waals surface area contributed by atoms with Gasteiger partial charge in [-0.1, -0.05) is 12.1 Å². The zero-order chi connectivity index (χ0) is 30.8. The molecule has 2 fully saturated rings. The number of carbonyl (C=O) groups excluding carboxylic acids is 1. The van der Waals surface area contributed by atoms with Crippen molar-refractivity contribution in [2.24, 2.45) is 7.05 Å². The smallest absolute Gasteiger partial charge is 0.350 e. The second-order valence-corrected chi connectivity index (χ2v) is 11.4. The van der Waals surface area contributed by atoms with Crippen molar-refractivity contribution in [2.75, 3.05) is 62.3 Å². The maximum absolute atomic E-state index is 14.0. The molecule has 0 aliphatic carbocycles. The molecule has 1 unspecified atom stereocenters. The average molecular weight is 609 g/mol. The van der Waals surface area contributed by atoms with Crippen LogP contribution in [-0.4, -0.2) is 87.9 Å². The van der Waals surface area contributed by atoms with Crippen LogP contribution < -0.4 is 21.3 Å². The molecule has 4 N–H and O–H groups in total. The number of hydrogen-bond donors (Lipinski definition) is 4. The van der Waals surface area contributed by atoms with E-state index in [2.05, 4.69) is 41.2 Å². The standard InChI is InChI=1S/C30H35F3N10O/c1-41-9-11-43(12-10-41)18-20-3-5-22(14-24(20)30(31,32)33)37-29(44)39-27-15-26(42(2)40-27)19-4-6-25-21(13-19)16-35-28(38-25)36-23-7-8-34-17-23/h3-6,13-16,23,34H,7-12,17-18H2,1-2H3,(H,35,36,38)(H2,37,39,40,44). The topological polar surface area (TPSA) is 115 Å². The Morgan fingerprint density at radius 1 is 1.05 bits per heavy atom. The SMILES string of the molecule is CN1CCN(Cc2ccc(NC(=O)Nc3cc(-c4ccc5nc(NC6CCNC6)ncc5c4)n(C)n3)cc2C(F)(F)F)CC1. The fourth-order valence-corrected chi connectivity index (χ4v) is 5.60. The molecule has 2 aliphatic heterocycles. The zero-order valence-corrected chi connectivity index (χ0v) is 24.6. The van der Waals surface area contributed by atoms with Crippen LogP contribution in [-0.2, 0) is 19.8 Å². The number of urea groups is 1. The Morgan fingerprint density at radius 3 is 2.61 bits per heavy atom. The molecule has 11 nitrogen and oxygen atoms in total. The van der Waals surface area contributed by atoms with Crippen molar-refractivity contribution in [1.29, 1.82) is 0 Å². The molecule has 0 spiro atoms. The summed E-state index contributed by atoms with van der Waals surface area (Å²) in [4.78, 5) is 26.0. The number of nitrogens with one attached hydrogen (secondary N) is 4. The number of nitrogens with zero attached hydrogens (tertiary/aromatic N) is 6. The number of hydrogen-bond acceptors (Lipinski definition) is 8. The fraction of sp³-hybridized carbons (Fsp3) is 0.400. The molecule has 1 atom stereocenters. The maximum atomic E-state index is 14.0. The van der Waals surface area contributed by atoms with E-state index >= 15 is 0 Å². The summed E-state index contributed by atoms with van der Waals surface area (Å²) in [6.07, 6.45) is -1.76. The van der Waals surface area contributed by atoms with E-state index in [0.717, 1.165) is 60.8 Å². The summed E-state index contributed by atoms with van der Waals surface area (Å²) in [5.41, 5.74) is 1.84. The van der Waals surface area contributed by atoms with Gasteiger partial charge in [0, 0.05) is 81.3 Å². The highest BCUT2D eigenvalue weighted by Gasteiger charge is 2.34. The number of rotatable bonds is 7. The Morgan fingerprint density at radius 2 is 1.86 bits per heavy atom. The lowest BCUT2D eigenvalue weighted by molar-refractivity contribution is -0.138. The largest absolute Gasteiger partial charge is 0.416 e. The molecule has 2 aromatic heterocycles. The van der Waals surface area contributed by atoms with Crippen LogP contribution in [0.25, 0.3) is 22.2 Å². The number of aryl methyl sites for hydroxylation is 1. The number of likely N-dealkylation sites (N-methyl/N-ethyl adjacent to an activating group) is 1. The minimum atomic E-state index is -4.55. The van der Waals surface area contributed by atoms with Crippen molar-refractivity contribution in [3.8, 4) is 11.3 Å². The first-order valence-corrected chi connectivity index (χ1v) is 14.6. The Hall–Kier alpha value is -4.27. The third-order valence-electron chi connectivity index (χ3n) is 8.05. The van der Waals surface area contributed by atoms with Crippen molar-refractivity contribution < 1.29 is 18.0 Å². The van der Waals surface area contributed by atoms with Gasteiger partial charge in [0.1, 0.15) is 0 Å². The van der Waals surface area contributed by atoms with Gasteiger partial charge in [0.05, 0.1) is 16.8 Å². The average Bonchev–Trinajstić information content (AvgIpc) is 3.63.